The average Bonchev–Trinajstić information content (AvgIpc) is 3.33. The van der Waals surface area contributed by atoms with Gasteiger partial charge in [-0.05, 0) is 67.6 Å². The lowest BCUT2D eigenvalue weighted by atomic mass is 10.1. The van der Waals surface area contributed by atoms with Gasteiger partial charge in [-0.15, -0.1) is 11.3 Å². The molecule has 1 aromatic heterocycles. The minimum atomic E-state index is -3.57. The third-order valence-corrected chi connectivity index (χ3v) is 8.50. The van der Waals surface area contributed by atoms with E-state index in [9.17, 15) is 13.2 Å². The predicted octanol–water partition coefficient (Wildman–Crippen LogP) is 3.19. The third-order valence-electron chi connectivity index (χ3n) is 5.35. The van der Waals surface area contributed by atoms with Gasteiger partial charge in [-0.2, -0.15) is 0 Å². The molecule has 1 aromatic carbocycles. The Morgan fingerprint density at radius 3 is 2.55 bits per heavy atom. The van der Waals surface area contributed by atoms with Gasteiger partial charge in [0.05, 0.1) is 5.69 Å². The Labute approximate surface area is 189 Å². The molecule has 0 saturated carbocycles. The fourth-order valence-corrected chi connectivity index (χ4v) is 5.93. The number of carbonyl (C=O) groups is 1. The molecule has 1 N–H and O–H groups in total. The zero-order chi connectivity index (χ0) is 22.3. The fourth-order valence-electron chi connectivity index (χ4n) is 3.57. The van der Waals surface area contributed by atoms with E-state index in [0.29, 0.717) is 28.1 Å². The first-order valence-electron chi connectivity index (χ1n) is 10.6. The highest BCUT2D eigenvalue weighted by molar-refractivity contribution is 7.94. The normalized spacial score (nSPS) is 15.9. The molecule has 1 aliphatic rings. The lowest BCUT2D eigenvalue weighted by molar-refractivity contribution is -0.123. The monoisotopic (exact) mass is 465 g/mol. The number of benzene rings is 1. The number of nitrogens with one attached hydrogen (secondary N) is 1. The lowest BCUT2D eigenvalue weighted by Crippen LogP contribution is -2.39. The maximum atomic E-state index is 12.6. The molecule has 1 unspecified atom stereocenters. The van der Waals surface area contributed by atoms with E-state index in [1.165, 1.54) is 42.0 Å². The van der Waals surface area contributed by atoms with Crippen molar-refractivity contribution in [1.29, 1.82) is 0 Å². The number of anilines is 1. The summed E-state index contributed by atoms with van der Waals surface area (Å²) in [6, 6.07) is 9.96. The van der Waals surface area contributed by atoms with E-state index in [0.717, 1.165) is 19.6 Å². The summed E-state index contributed by atoms with van der Waals surface area (Å²) >= 11 is 1.18. The SMILES string of the molecule is CC(CNC(=O)COc1ccc(N(C)S(=O)(=O)c2cccs2)cc1)CN1CCCCC1. The van der Waals surface area contributed by atoms with Gasteiger partial charge in [0.1, 0.15) is 9.96 Å². The van der Waals surface area contributed by atoms with Crippen LogP contribution < -0.4 is 14.4 Å². The largest absolute Gasteiger partial charge is 0.484 e. The van der Waals surface area contributed by atoms with Crippen molar-refractivity contribution in [1.82, 2.24) is 10.2 Å². The molecular weight excluding hydrogens is 434 g/mol. The summed E-state index contributed by atoms with van der Waals surface area (Å²) in [6.07, 6.45) is 3.85. The van der Waals surface area contributed by atoms with E-state index in [1.54, 1.807) is 41.8 Å². The number of piperidine rings is 1. The zero-order valence-electron chi connectivity index (χ0n) is 18.1. The van der Waals surface area contributed by atoms with E-state index in [2.05, 4.69) is 17.1 Å². The van der Waals surface area contributed by atoms with Gasteiger partial charge in [-0.1, -0.05) is 19.4 Å². The van der Waals surface area contributed by atoms with Gasteiger partial charge < -0.3 is 15.0 Å². The molecule has 1 saturated heterocycles. The number of hydrogen-bond donors (Lipinski definition) is 1. The molecule has 1 atom stereocenters. The minimum Gasteiger partial charge on any atom is -0.484 e. The first-order valence-corrected chi connectivity index (χ1v) is 12.9. The quantitative estimate of drug-likeness (QED) is 0.583. The number of nitrogens with zero attached hydrogens (tertiary/aromatic N) is 2. The van der Waals surface area contributed by atoms with Crippen LogP contribution in [0, 0.1) is 5.92 Å². The van der Waals surface area contributed by atoms with Crippen molar-refractivity contribution in [2.45, 2.75) is 30.4 Å². The zero-order valence-corrected chi connectivity index (χ0v) is 19.8. The van der Waals surface area contributed by atoms with E-state index in [1.807, 2.05) is 0 Å². The Kier molecular flexibility index (Phi) is 8.34. The topological polar surface area (TPSA) is 79.0 Å². The van der Waals surface area contributed by atoms with Crippen molar-refractivity contribution >= 4 is 33.0 Å². The first kappa shape index (κ1) is 23.6. The molecule has 9 heteroatoms. The van der Waals surface area contributed by atoms with Crippen molar-refractivity contribution in [2.24, 2.45) is 5.92 Å². The van der Waals surface area contributed by atoms with Crippen molar-refractivity contribution in [2.75, 3.05) is 44.1 Å². The van der Waals surface area contributed by atoms with Crippen LogP contribution in [0.1, 0.15) is 26.2 Å². The Balaban J connectivity index is 1.43. The average molecular weight is 466 g/mol. The molecule has 1 fully saturated rings. The number of sulfonamides is 1. The molecule has 31 heavy (non-hydrogen) atoms. The van der Waals surface area contributed by atoms with Gasteiger partial charge in [-0.3, -0.25) is 9.10 Å². The second-order valence-electron chi connectivity index (χ2n) is 7.96. The van der Waals surface area contributed by atoms with Gasteiger partial charge in [0.15, 0.2) is 6.61 Å². The second kappa shape index (κ2) is 11.0. The number of likely N-dealkylation sites (tertiary alicyclic amines) is 1. The lowest BCUT2D eigenvalue weighted by Gasteiger charge is -2.29. The predicted molar refractivity (Wildman–Crippen MR) is 124 cm³/mol. The van der Waals surface area contributed by atoms with E-state index < -0.39 is 10.0 Å². The molecule has 7 nitrogen and oxygen atoms in total. The van der Waals surface area contributed by atoms with E-state index >= 15 is 0 Å². The van der Waals surface area contributed by atoms with Gasteiger partial charge in [0.2, 0.25) is 0 Å². The Bertz CT molecular complexity index is 924. The first-order chi connectivity index (χ1) is 14.9. The van der Waals surface area contributed by atoms with Crippen LogP contribution in [0.5, 0.6) is 5.75 Å². The highest BCUT2D eigenvalue weighted by Gasteiger charge is 2.22. The Hall–Kier alpha value is -2.10. The minimum absolute atomic E-state index is 0.0703. The molecule has 3 rings (SSSR count). The summed E-state index contributed by atoms with van der Waals surface area (Å²) in [5.74, 6) is 0.747. The van der Waals surface area contributed by atoms with Crippen molar-refractivity contribution in [3.05, 3.63) is 41.8 Å². The molecular formula is C22H31N3O4S2. The van der Waals surface area contributed by atoms with Crippen LogP contribution >= 0.6 is 11.3 Å². The van der Waals surface area contributed by atoms with Gasteiger partial charge >= 0.3 is 0 Å². The van der Waals surface area contributed by atoms with Crippen molar-refractivity contribution < 1.29 is 17.9 Å². The highest BCUT2D eigenvalue weighted by atomic mass is 32.2. The number of ether oxygens (including phenoxy) is 1. The summed E-state index contributed by atoms with van der Waals surface area (Å²) in [4.78, 5) is 14.6. The summed E-state index contributed by atoms with van der Waals surface area (Å²) in [5, 5.41) is 4.66. The van der Waals surface area contributed by atoms with Crippen LogP contribution in [0.25, 0.3) is 0 Å². The fraction of sp³-hybridized carbons (Fsp3) is 0.500. The molecule has 2 aromatic rings. The molecule has 2 heterocycles. The number of hydrogen-bond acceptors (Lipinski definition) is 6. The Morgan fingerprint density at radius 2 is 1.90 bits per heavy atom. The van der Waals surface area contributed by atoms with Crippen LogP contribution in [0.3, 0.4) is 0 Å². The van der Waals surface area contributed by atoms with Crippen LogP contribution in [0.4, 0.5) is 5.69 Å². The number of amides is 1. The van der Waals surface area contributed by atoms with Crippen LogP contribution in [0.15, 0.2) is 46.0 Å². The maximum Gasteiger partial charge on any atom is 0.273 e. The highest BCUT2D eigenvalue weighted by Crippen LogP contribution is 2.26. The van der Waals surface area contributed by atoms with Crippen LogP contribution in [-0.4, -0.2) is 59.1 Å². The third kappa shape index (κ3) is 6.69. The van der Waals surface area contributed by atoms with Crippen LogP contribution in [0.2, 0.25) is 0 Å². The molecule has 0 bridgehead atoms. The summed E-state index contributed by atoms with van der Waals surface area (Å²) < 4.78 is 32.3. The second-order valence-corrected chi connectivity index (χ2v) is 11.1. The standard InChI is InChI=1S/C22H31N3O4S2/c1-18(16-25-12-4-3-5-13-25)15-23-21(26)17-29-20-10-8-19(9-11-20)24(2)31(27,28)22-7-6-14-30-22/h6-11,14,18H,3-5,12-13,15-17H2,1-2H3,(H,23,26). The molecule has 1 amide bonds. The Morgan fingerprint density at radius 1 is 1.19 bits per heavy atom. The van der Waals surface area contributed by atoms with Crippen molar-refractivity contribution in [3.8, 4) is 5.75 Å². The summed E-state index contributed by atoms with van der Waals surface area (Å²) in [5.41, 5.74) is 0.525. The molecule has 170 valence electrons. The van der Waals surface area contributed by atoms with E-state index in [-0.39, 0.29) is 12.5 Å². The smallest absolute Gasteiger partial charge is 0.273 e. The molecule has 0 aliphatic carbocycles. The molecule has 1 aliphatic heterocycles. The maximum absolute atomic E-state index is 12.6. The van der Waals surface area contributed by atoms with Crippen LogP contribution in [-0.2, 0) is 14.8 Å². The molecule has 0 radical (unpaired) electrons. The van der Waals surface area contributed by atoms with Gasteiger partial charge in [0, 0.05) is 20.1 Å². The number of thiophene rings is 1. The van der Waals surface area contributed by atoms with E-state index in [4.69, 9.17) is 4.74 Å². The number of rotatable bonds is 10. The summed E-state index contributed by atoms with van der Waals surface area (Å²) in [7, 11) is -2.05. The van der Waals surface area contributed by atoms with Gasteiger partial charge in [0.25, 0.3) is 15.9 Å². The van der Waals surface area contributed by atoms with Gasteiger partial charge in [-0.25, -0.2) is 8.42 Å². The van der Waals surface area contributed by atoms with Crippen molar-refractivity contribution in [3.63, 3.8) is 0 Å². The number of carbonyl (C=O) groups excluding carboxylic acids is 1. The summed E-state index contributed by atoms with van der Waals surface area (Å²) in [6.45, 7) is 6.02. The molecule has 0 spiro atoms.